The van der Waals surface area contributed by atoms with Crippen LogP contribution in [0.1, 0.15) is 33.2 Å². The summed E-state index contributed by atoms with van der Waals surface area (Å²) >= 11 is 0. The zero-order chi connectivity index (χ0) is 15.0. The average molecular weight is 283 g/mol. The maximum atomic E-state index is 13.7. The van der Waals surface area contributed by atoms with Crippen molar-refractivity contribution >= 4 is 17.4 Å². The molecule has 0 N–H and O–H groups in total. The van der Waals surface area contributed by atoms with Gasteiger partial charge in [-0.05, 0) is 49.2 Å². The Balaban J connectivity index is 1.96. The van der Waals surface area contributed by atoms with Crippen LogP contribution in [0, 0.1) is 5.82 Å². The molecule has 0 spiro atoms. The van der Waals surface area contributed by atoms with Gasteiger partial charge in [0.2, 0.25) is 0 Å². The number of fused-ring (bicyclic) bond motifs is 1. The molecule has 1 heterocycles. The van der Waals surface area contributed by atoms with Gasteiger partial charge in [0.05, 0.1) is 5.56 Å². The molecule has 0 saturated heterocycles. The number of nitrogens with zero attached hydrogens (tertiary/aromatic N) is 1. The number of amides is 1. The van der Waals surface area contributed by atoms with Crippen molar-refractivity contribution in [2.75, 3.05) is 11.4 Å². The summed E-state index contributed by atoms with van der Waals surface area (Å²) < 4.78 is 13.7. The van der Waals surface area contributed by atoms with Gasteiger partial charge in [0.25, 0.3) is 5.91 Å². The van der Waals surface area contributed by atoms with E-state index in [1.165, 1.54) is 19.1 Å². The number of carbonyl (C=O) groups excluding carboxylic acids is 2. The first-order valence-corrected chi connectivity index (χ1v) is 6.78. The molecule has 3 nitrogen and oxygen atoms in total. The highest BCUT2D eigenvalue weighted by molar-refractivity contribution is 6.07. The van der Waals surface area contributed by atoms with E-state index in [2.05, 4.69) is 0 Å². The topological polar surface area (TPSA) is 37.4 Å². The second-order valence-electron chi connectivity index (χ2n) is 5.09. The number of carbonyl (C=O) groups is 2. The van der Waals surface area contributed by atoms with Crippen LogP contribution >= 0.6 is 0 Å². The zero-order valence-electron chi connectivity index (χ0n) is 11.6. The van der Waals surface area contributed by atoms with E-state index in [9.17, 15) is 14.0 Å². The van der Waals surface area contributed by atoms with Crippen LogP contribution in [0.25, 0.3) is 0 Å². The molecule has 21 heavy (non-hydrogen) atoms. The molecule has 0 radical (unpaired) electrons. The first kappa shape index (κ1) is 13.5. The summed E-state index contributed by atoms with van der Waals surface area (Å²) in [6, 6.07) is 11.2. The van der Waals surface area contributed by atoms with Crippen molar-refractivity contribution in [3.8, 4) is 0 Å². The van der Waals surface area contributed by atoms with E-state index in [0.717, 1.165) is 11.3 Å². The predicted molar refractivity (Wildman–Crippen MR) is 78.2 cm³/mol. The highest BCUT2D eigenvalue weighted by Gasteiger charge is 2.27. The summed E-state index contributed by atoms with van der Waals surface area (Å²) in [5.74, 6) is -0.865. The first-order valence-electron chi connectivity index (χ1n) is 6.78. The molecule has 4 heteroatoms. The van der Waals surface area contributed by atoms with Crippen molar-refractivity contribution in [1.82, 2.24) is 0 Å². The van der Waals surface area contributed by atoms with Crippen LogP contribution in [-0.4, -0.2) is 18.2 Å². The third kappa shape index (κ3) is 2.33. The minimum Gasteiger partial charge on any atom is -0.308 e. The maximum Gasteiger partial charge on any atom is 0.261 e. The number of Topliss-reactive ketones (excluding diaryl/α,β-unsaturated/α-hetero) is 1. The van der Waals surface area contributed by atoms with Gasteiger partial charge in [-0.25, -0.2) is 4.39 Å². The Morgan fingerprint density at radius 1 is 1.14 bits per heavy atom. The Morgan fingerprint density at radius 2 is 1.90 bits per heavy atom. The van der Waals surface area contributed by atoms with Gasteiger partial charge in [0, 0.05) is 17.8 Å². The number of halogens is 1. The van der Waals surface area contributed by atoms with Gasteiger partial charge in [-0.1, -0.05) is 12.1 Å². The third-order valence-corrected chi connectivity index (χ3v) is 3.73. The maximum absolute atomic E-state index is 13.7. The Morgan fingerprint density at radius 3 is 2.62 bits per heavy atom. The summed E-state index contributed by atoms with van der Waals surface area (Å²) in [6.07, 6.45) is 0.677. The lowest BCUT2D eigenvalue weighted by Crippen LogP contribution is -2.29. The van der Waals surface area contributed by atoms with Crippen LogP contribution in [0.3, 0.4) is 0 Å². The molecule has 106 valence electrons. The summed E-state index contributed by atoms with van der Waals surface area (Å²) in [7, 11) is 0. The third-order valence-electron chi connectivity index (χ3n) is 3.73. The van der Waals surface area contributed by atoms with Crippen LogP contribution in [0.5, 0.6) is 0 Å². The molecule has 1 amide bonds. The van der Waals surface area contributed by atoms with Crippen LogP contribution in [0.15, 0.2) is 42.5 Å². The number of ketones is 1. The van der Waals surface area contributed by atoms with Crippen LogP contribution in [0.2, 0.25) is 0 Å². The molecule has 2 aromatic carbocycles. The average Bonchev–Trinajstić information content (AvgIpc) is 2.90. The second kappa shape index (κ2) is 5.13. The van der Waals surface area contributed by atoms with Crippen molar-refractivity contribution in [3.05, 3.63) is 65.0 Å². The van der Waals surface area contributed by atoms with E-state index >= 15 is 0 Å². The quantitative estimate of drug-likeness (QED) is 0.793. The number of hydrogen-bond acceptors (Lipinski definition) is 2. The smallest absolute Gasteiger partial charge is 0.261 e. The molecule has 3 rings (SSSR count). The van der Waals surface area contributed by atoms with Crippen LogP contribution < -0.4 is 4.90 Å². The Labute approximate surface area is 122 Å². The molecule has 0 bridgehead atoms. The Bertz CT molecular complexity index is 739. The molecule has 0 atom stereocenters. The zero-order valence-corrected chi connectivity index (χ0v) is 11.6. The molecule has 0 aliphatic carbocycles. The van der Waals surface area contributed by atoms with Crippen molar-refractivity contribution in [2.24, 2.45) is 0 Å². The molecule has 1 aliphatic heterocycles. The minimum absolute atomic E-state index is 0.00307. The molecular weight excluding hydrogens is 269 g/mol. The largest absolute Gasteiger partial charge is 0.308 e. The predicted octanol–water partition coefficient (Wildman–Crippen LogP) is 3.23. The van der Waals surface area contributed by atoms with Gasteiger partial charge < -0.3 is 4.90 Å². The van der Waals surface area contributed by atoms with Gasteiger partial charge in [0.1, 0.15) is 5.82 Å². The SMILES string of the molecule is CC(=O)c1ccc2c(c1)CCN2C(=O)c1ccccc1F. The summed E-state index contributed by atoms with van der Waals surface area (Å²) in [5, 5.41) is 0. The monoisotopic (exact) mass is 283 g/mol. The van der Waals surface area contributed by atoms with E-state index in [1.807, 2.05) is 6.07 Å². The molecule has 0 saturated carbocycles. The minimum atomic E-state index is -0.517. The van der Waals surface area contributed by atoms with E-state index in [0.29, 0.717) is 18.5 Å². The van der Waals surface area contributed by atoms with Crippen LogP contribution in [-0.2, 0) is 6.42 Å². The van der Waals surface area contributed by atoms with Gasteiger partial charge in [0.15, 0.2) is 5.78 Å². The molecule has 1 aliphatic rings. The van der Waals surface area contributed by atoms with E-state index in [1.54, 1.807) is 29.2 Å². The summed E-state index contributed by atoms with van der Waals surface area (Å²) in [5.41, 5.74) is 2.41. The highest BCUT2D eigenvalue weighted by Crippen LogP contribution is 2.30. The van der Waals surface area contributed by atoms with Gasteiger partial charge in [-0.3, -0.25) is 9.59 Å². The van der Waals surface area contributed by atoms with Crippen molar-refractivity contribution < 1.29 is 14.0 Å². The second-order valence-corrected chi connectivity index (χ2v) is 5.09. The molecule has 0 aromatic heterocycles. The Kier molecular flexibility index (Phi) is 3.29. The molecule has 0 unspecified atom stereocenters. The normalized spacial score (nSPS) is 13.1. The molecule has 2 aromatic rings. The van der Waals surface area contributed by atoms with Gasteiger partial charge in [-0.2, -0.15) is 0 Å². The molecular formula is C17H14FNO2. The van der Waals surface area contributed by atoms with Gasteiger partial charge in [-0.15, -0.1) is 0 Å². The fourth-order valence-electron chi connectivity index (χ4n) is 2.61. The van der Waals surface area contributed by atoms with Gasteiger partial charge >= 0.3 is 0 Å². The lowest BCUT2D eigenvalue weighted by molar-refractivity contribution is 0.0983. The number of rotatable bonds is 2. The number of anilines is 1. The molecule has 0 fully saturated rings. The fourth-order valence-corrected chi connectivity index (χ4v) is 2.61. The number of benzene rings is 2. The first-order chi connectivity index (χ1) is 10.1. The van der Waals surface area contributed by atoms with Crippen molar-refractivity contribution in [3.63, 3.8) is 0 Å². The number of hydrogen-bond donors (Lipinski definition) is 0. The Hall–Kier alpha value is -2.49. The highest BCUT2D eigenvalue weighted by atomic mass is 19.1. The van der Waals surface area contributed by atoms with Crippen LogP contribution in [0.4, 0.5) is 10.1 Å². The van der Waals surface area contributed by atoms with E-state index in [4.69, 9.17) is 0 Å². The lowest BCUT2D eigenvalue weighted by atomic mass is 10.1. The summed E-state index contributed by atoms with van der Waals surface area (Å²) in [4.78, 5) is 25.4. The van der Waals surface area contributed by atoms with E-state index in [-0.39, 0.29) is 17.3 Å². The standard InChI is InChI=1S/C17H14FNO2/c1-11(20)12-6-7-16-13(10-12)8-9-19(16)17(21)14-4-2-3-5-15(14)18/h2-7,10H,8-9H2,1H3. The van der Waals surface area contributed by atoms with E-state index < -0.39 is 5.82 Å². The van der Waals surface area contributed by atoms with Crippen molar-refractivity contribution in [2.45, 2.75) is 13.3 Å². The lowest BCUT2D eigenvalue weighted by Gasteiger charge is -2.17. The fraction of sp³-hybridized carbons (Fsp3) is 0.176. The van der Waals surface area contributed by atoms with Crippen molar-refractivity contribution in [1.29, 1.82) is 0 Å². The summed E-state index contributed by atoms with van der Waals surface area (Å²) in [6.45, 7) is 2.02.